The van der Waals surface area contributed by atoms with Crippen molar-refractivity contribution in [3.63, 3.8) is 0 Å². The number of nitrogens with one attached hydrogen (secondary N) is 1. The topological polar surface area (TPSA) is 80.8 Å². The monoisotopic (exact) mass is 246 g/mol. The van der Waals surface area contributed by atoms with Crippen LogP contribution in [0.1, 0.15) is 31.1 Å². The van der Waals surface area contributed by atoms with Crippen LogP contribution < -0.4 is 0 Å². The number of nitrogens with zero attached hydrogens (tertiary/aromatic N) is 3. The molecular formula is C12H14N4O2. The number of hydrogen-bond donors (Lipinski definition) is 1. The SMILES string of the molecule is CC(C)(C)OC(=O)c1ccc(-c2nn[nH]n2)cc1. The van der Waals surface area contributed by atoms with E-state index in [0.717, 1.165) is 5.56 Å². The summed E-state index contributed by atoms with van der Waals surface area (Å²) in [5, 5.41) is 13.6. The molecule has 0 spiro atoms. The van der Waals surface area contributed by atoms with E-state index in [4.69, 9.17) is 4.74 Å². The maximum atomic E-state index is 11.8. The summed E-state index contributed by atoms with van der Waals surface area (Å²) in [6.07, 6.45) is 0. The van der Waals surface area contributed by atoms with Crippen molar-refractivity contribution in [2.45, 2.75) is 26.4 Å². The average Bonchev–Trinajstić information content (AvgIpc) is 2.80. The smallest absolute Gasteiger partial charge is 0.338 e. The van der Waals surface area contributed by atoms with Gasteiger partial charge in [-0.05, 0) is 38.1 Å². The highest BCUT2D eigenvalue weighted by Crippen LogP contribution is 2.16. The highest BCUT2D eigenvalue weighted by Gasteiger charge is 2.17. The first-order chi connectivity index (χ1) is 8.46. The summed E-state index contributed by atoms with van der Waals surface area (Å²) >= 11 is 0. The van der Waals surface area contributed by atoms with E-state index >= 15 is 0 Å². The minimum atomic E-state index is -0.497. The normalized spacial score (nSPS) is 11.3. The molecule has 0 radical (unpaired) electrons. The number of benzene rings is 1. The summed E-state index contributed by atoms with van der Waals surface area (Å²) in [6.45, 7) is 5.50. The Morgan fingerprint density at radius 3 is 2.39 bits per heavy atom. The Bertz CT molecular complexity index is 526. The van der Waals surface area contributed by atoms with Crippen molar-refractivity contribution in [1.82, 2.24) is 20.6 Å². The van der Waals surface area contributed by atoms with Gasteiger partial charge in [-0.25, -0.2) is 4.79 Å². The van der Waals surface area contributed by atoms with Crippen LogP contribution in [0.3, 0.4) is 0 Å². The number of hydrogen-bond acceptors (Lipinski definition) is 5. The molecule has 1 heterocycles. The molecule has 0 saturated carbocycles. The Balaban J connectivity index is 2.15. The zero-order valence-corrected chi connectivity index (χ0v) is 10.5. The zero-order chi connectivity index (χ0) is 13.2. The van der Waals surface area contributed by atoms with Gasteiger partial charge in [-0.2, -0.15) is 5.21 Å². The van der Waals surface area contributed by atoms with Crippen LogP contribution in [0.4, 0.5) is 0 Å². The molecule has 0 saturated heterocycles. The van der Waals surface area contributed by atoms with Gasteiger partial charge in [0.2, 0.25) is 5.82 Å². The van der Waals surface area contributed by atoms with E-state index < -0.39 is 5.60 Å². The van der Waals surface area contributed by atoms with E-state index in [1.165, 1.54) is 0 Å². The molecule has 6 nitrogen and oxygen atoms in total. The van der Waals surface area contributed by atoms with E-state index in [2.05, 4.69) is 20.6 Å². The minimum Gasteiger partial charge on any atom is -0.456 e. The molecular weight excluding hydrogens is 232 g/mol. The van der Waals surface area contributed by atoms with Gasteiger partial charge in [0, 0.05) is 5.56 Å². The number of carbonyl (C=O) groups excluding carboxylic acids is 1. The molecule has 0 fully saturated rings. The number of tetrazole rings is 1. The van der Waals surface area contributed by atoms with Crippen LogP contribution in [-0.4, -0.2) is 32.2 Å². The van der Waals surface area contributed by atoms with Crippen molar-refractivity contribution in [1.29, 1.82) is 0 Å². The van der Waals surface area contributed by atoms with Crippen LogP contribution in [-0.2, 0) is 4.74 Å². The molecule has 0 unspecified atom stereocenters. The number of aromatic amines is 1. The molecule has 1 aromatic carbocycles. The standard InChI is InChI=1S/C12H14N4O2/c1-12(2,3)18-11(17)9-6-4-8(5-7-9)10-13-15-16-14-10/h4-7H,1-3H3,(H,13,14,15,16). The first-order valence-electron chi connectivity index (χ1n) is 5.53. The fourth-order valence-corrected chi connectivity index (χ4v) is 1.38. The van der Waals surface area contributed by atoms with Gasteiger partial charge in [-0.1, -0.05) is 12.1 Å². The van der Waals surface area contributed by atoms with Gasteiger partial charge in [0.1, 0.15) is 5.60 Å². The van der Waals surface area contributed by atoms with Gasteiger partial charge in [-0.15, -0.1) is 10.2 Å². The van der Waals surface area contributed by atoms with E-state index in [1.807, 2.05) is 20.8 Å². The zero-order valence-electron chi connectivity index (χ0n) is 10.5. The van der Waals surface area contributed by atoms with Gasteiger partial charge in [-0.3, -0.25) is 0 Å². The van der Waals surface area contributed by atoms with Crippen molar-refractivity contribution in [3.05, 3.63) is 29.8 Å². The second kappa shape index (κ2) is 4.56. The first kappa shape index (κ1) is 12.2. The van der Waals surface area contributed by atoms with E-state index in [9.17, 15) is 4.79 Å². The number of H-pyrrole nitrogens is 1. The third kappa shape index (κ3) is 2.91. The molecule has 2 aromatic rings. The molecule has 18 heavy (non-hydrogen) atoms. The van der Waals surface area contributed by atoms with E-state index in [-0.39, 0.29) is 5.97 Å². The Morgan fingerprint density at radius 2 is 1.89 bits per heavy atom. The molecule has 0 atom stereocenters. The first-order valence-corrected chi connectivity index (χ1v) is 5.53. The van der Waals surface area contributed by atoms with Crippen LogP contribution in [0.15, 0.2) is 24.3 Å². The summed E-state index contributed by atoms with van der Waals surface area (Å²) in [4.78, 5) is 11.8. The molecule has 0 aliphatic rings. The Kier molecular flexibility index (Phi) is 3.10. The fraction of sp³-hybridized carbons (Fsp3) is 0.333. The average molecular weight is 246 g/mol. The lowest BCUT2D eigenvalue weighted by Crippen LogP contribution is -2.23. The quantitative estimate of drug-likeness (QED) is 0.817. The number of rotatable bonds is 2. The van der Waals surface area contributed by atoms with Crippen molar-refractivity contribution in [2.75, 3.05) is 0 Å². The molecule has 0 aliphatic carbocycles. The maximum Gasteiger partial charge on any atom is 0.338 e. The van der Waals surface area contributed by atoms with Crippen LogP contribution in [0.25, 0.3) is 11.4 Å². The van der Waals surface area contributed by atoms with Crippen molar-refractivity contribution < 1.29 is 9.53 Å². The lowest BCUT2D eigenvalue weighted by atomic mass is 10.1. The Labute approximate surface area is 104 Å². The second-order valence-corrected chi connectivity index (χ2v) is 4.81. The lowest BCUT2D eigenvalue weighted by Gasteiger charge is -2.19. The number of aromatic nitrogens is 4. The summed E-state index contributed by atoms with van der Waals surface area (Å²) < 4.78 is 5.27. The number of esters is 1. The summed E-state index contributed by atoms with van der Waals surface area (Å²) in [5.41, 5.74) is 0.789. The van der Waals surface area contributed by atoms with Crippen LogP contribution in [0.2, 0.25) is 0 Å². The van der Waals surface area contributed by atoms with Crippen molar-refractivity contribution >= 4 is 5.97 Å². The van der Waals surface area contributed by atoms with Crippen molar-refractivity contribution in [3.8, 4) is 11.4 Å². The second-order valence-electron chi connectivity index (χ2n) is 4.81. The van der Waals surface area contributed by atoms with Gasteiger partial charge in [0.05, 0.1) is 5.56 Å². The third-order valence-corrected chi connectivity index (χ3v) is 2.12. The number of carbonyl (C=O) groups is 1. The molecule has 0 bridgehead atoms. The van der Waals surface area contributed by atoms with Gasteiger partial charge >= 0.3 is 5.97 Å². The molecule has 1 N–H and O–H groups in total. The third-order valence-electron chi connectivity index (χ3n) is 2.12. The summed E-state index contributed by atoms with van der Waals surface area (Å²) in [7, 11) is 0. The molecule has 2 rings (SSSR count). The van der Waals surface area contributed by atoms with Crippen LogP contribution >= 0.6 is 0 Å². The number of ether oxygens (including phenoxy) is 1. The Morgan fingerprint density at radius 1 is 1.22 bits per heavy atom. The van der Waals surface area contributed by atoms with Gasteiger partial charge in [0.25, 0.3) is 0 Å². The highest BCUT2D eigenvalue weighted by atomic mass is 16.6. The molecule has 94 valence electrons. The summed E-state index contributed by atoms with van der Waals surface area (Å²) in [6, 6.07) is 6.87. The molecule has 0 amide bonds. The van der Waals surface area contributed by atoms with Crippen LogP contribution in [0.5, 0.6) is 0 Å². The van der Waals surface area contributed by atoms with Crippen molar-refractivity contribution in [2.24, 2.45) is 0 Å². The Hall–Kier alpha value is -2.24. The maximum absolute atomic E-state index is 11.8. The predicted molar refractivity (Wildman–Crippen MR) is 64.8 cm³/mol. The minimum absolute atomic E-state index is 0.345. The summed E-state index contributed by atoms with van der Waals surface area (Å²) in [5.74, 6) is 0.146. The molecule has 6 heteroatoms. The fourth-order valence-electron chi connectivity index (χ4n) is 1.38. The van der Waals surface area contributed by atoms with E-state index in [1.54, 1.807) is 24.3 Å². The van der Waals surface area contributed by atoms with Gasteiger partial charge in [0.15, 0.2) is 0 Å². The lowest BCUT2D eigenvalue weighted by molar-refractivity contribution is 0.00696. The van der Waals surface area contributed by atoms with Gasteiger partial charge < -0.3 is 4.74 Å². The largest absolute Gasteiger partial charge is 0.456 e. The molecule has 1 aromatic heterocycles. The molecule has 0 aliphatic heterocycles. The highest BCUT2D eigenvalue weighted by molar-refractivity contribution is 5.90. The predicted octanol–water partition coefficient (Wildman–Crippen LogP) is 1.82. The van der Waals surface area contributed by atoms with Crippen LogP contribution in [0, 0.1) is 0 Å². The van der Waals surface area contributed by atoms with E-state index in [0.29, 0.717) is 11.4 Å².